The van der Waals surface area contributed by atoms with Crippen LogP contribution in [0.2, 0.25) is 0 Å². The van der Waals surface area contributed by atoms with E-state index in [1.54, 1.807) is 0 Å². The molecule has 2 aromatic carbocycles. The summed E-state index contributed by atoms with van der Waals surface area (Å²) in [5.74, 6) is 0.000855. The van der Waals surface area contributed by atoms with Gasteiger partial charge in [0.15, 0.2) is 0 Å². The Morgan fingerprint density at radius 1 is 1.09 bits per heavy atom. The molecule has 0 aliphatic carbocycles. The Hall–Kier alpha value is -1.85. The Morgan fingerprint density at radius 2 is 1.57 bits per heavy atom. The van der Waals surface area contributed by atoms with Crippen molar-refractivity contribution in [1.82, 2.24) is 5.32 Å². The van der Waals surface area contributed by atoms with Crippen molar-refractivity contribution in [2.24, 2.45) is 0 Å². The summed E-state index contributed by atoms with van der Waals surface area (Å²) < 4.78 is 0.654. The highest BCUT2D eigenvalue weighted by molar-refractivity contribution is 8.24. The van der Waals surface area contributed by atoms with Crippen LogP contribution in [-0.2, 0) is 4.79 Å². The molecule has 5 heteroatoms. The molecule has 120 valence electrons. The van der Waals surface area contributed by atoms with Crippen molar-refractivity contribution in [1.29, 1.82) is 0 Å². The van der Waals surface area contributed by atoms with E-state index in [-0.39, 0.29) is 11.2 Å². The number of carbonyl (C=O) groups excluding carboxylic acids is 1. The first kappa shape index (κ1) is 17.5. The molecule has 0 saturated heterocycles. The lowest BCUT2D eigenvalue weighted by molar-refractivity contribution is -0.120. The van der Waals surface area contributed by atoms with Crippen LogP contribution in [0.5, 0.6) is 0 Å². The standard InChI is InChI=1S/C18H20N2OS2/c1-3-19-17(21)14(2)23-18(22)20(15-10-6-4-7-11-15)16-12-8-5-9-13-16/h4-14H,3H2,1-2H3,(H,19,21). The quantitative estimate of drug-likeness (QED) is 0.817. The average molecular weight is 345 g/mol. The second-order valence-corrected chi connectivity index (χ2v) is 6.90. The molecule has 0 fully saturated rings. The molecule has 23 heavy (non-hydrogen) atoms. The zero-order valence-corrected chi connectivity index (χ0v) is 14.9. The first-order chi connectivity index (χ1) is 11.1. The van der Waals surface area contributed by atoms with E-state index >= 15 is 0 Å². The van der Waals surface area contributed by atoms with Crippen molar-refractivity contribution in [2.45, 2.75) is 19.1 Å². The van der Waals surface area contributed by atoms with Gasteiger partial charge < -0.3 is 5.32 Å². The van der Waals surface area contributed by atoms with Crippen molar-refractivity contribution < 1.29 is 4.79 Å². The van der Waals surface area contributed by atoms with Gasteiger partial charge in [-0.3, -0.25) is 9.69 Å². The summed E-state index contributed by atoms with van der Waals surface area (Å²) in [6, 6.07) is 19.9. The van der Waals surface area contributed by atoms with Crippen molar-refractivity contribution in [3.8, 4) is 0 Å². The molecular formula is C18H20N2OS2. The molecule has 0 aliphatic rings. The van der Waals surface area contributed by atoms with E-state index in [9.17, 15) is 4.79 Å². The van der Waals surface area contributed by atoms with Crippen LogP contribution in [-0.4, -0.2) is 22.0 Å². The Balaban J connectivity index is 2.24. The Bertz CT molecular complexity index is 607. The number of nitrogens with zero attached hydrogens (tertiary/aromatic N) is 1. The maximum absolute atomic E-state index is 12.0. The van der Waals surface area contributed by atoms with Crippen molar-refractivity contribution in [2.75, 3.05) is 11.4 Å². The summed E-state index contributed by atoms with van der Waals surface area (Å²) in [5.41, 5.74) is 1.97. The number of hydrogen-bond acceptors (Lipinski definition) is 3. The summed E-state index contributed by atoms with van der Waals surface area (Å²) in [5, 5.41) is 2.59. The van der Waals surface area contributed by atoms with Crippen LogP contribution in [0.25, 0.3) is 0 Å². The number of para-hydroxylation sites is 2. The number of thioether (sulfide) groups is 1. The number of hydrogen-bond donors (Lipinski definition) is 1. The minimum atomic E-state index is -0.239. The SMILES string of the molecule is CCNC(=O)C(C)SC(=S)N(c1ccccc1)c1ccccc1. The molecule has 2 rings (SSSR count). The Morgan fingerprint density at radius 3 is 2.00 bits per heavy atom. The molecule has 0 aromatic heterocycles. The second kappa shape index (κ2) is 8.70. The molecule has 0 bridgehead atoms. The number of anilines is 2. The van der Waals surface area contributed by atoms with Gasteiger partial charge in [-0.25, -0.2) is 0 Å². The largest absolute Gasteiger partial charge is 0.355 e. The Kier molecular flexibility index (Phi) is 6.62. The number of amides is 1. The highest BCUT2D eigenvalue weighted by atomic mass is 32.2. The third-order valence-electron chi connectivity index (χ3n) is 3.21. The zero-order chi connectivity index (χ0) is 16.7. The molecule has 1 unspecified atom stereocenters. The van der Waals surface area contributed by atoms with Gasteiger partial charge in [-0.05, 0) is 38.1 Å². The summed E-state index contributed by atoms with van der Waals surface area (Å²) in [7, 11) is 0. The fraction of sp³-hybridized carbons (Fsp3) is 0.222. The first-order valence-corrected chi connectivity index (χ1v) is 8.80. The maximum Gasteiger partial charge on any atom is 0.233 e. The van der Waals surface area contributed by atoms with Crippen LogP contribution in [0.4, 0.5) is 11.4 Å². The molecule has 1 atom stereocenters. The molecule has 2 aromatic rings. The monoisotopic (exact) mass is 344 g/mol. The molecule has 1 N–H and O–H groups in total. The summed E-state index contributed by atoms with van der Waals surface area (Å²) in [4.78, 5) is 14.0. The minimum Gasteiger partial charge on any atom is -0.355 e. The van der Waals surface area contributed by atoms with Crippen molar-refractivity contribution in [3.05, 3.63) is 60.7 Å². The summed E-state index contributed by atoms with van der Waals surface area (Å²) >= 11 is 7.02. The van der Waals surface area contributed by atoms with Gasteiger partial charge in [0.25, 0.3) is 0 Å². The molecule has 0 radical (unpaired) electrons. The average Bonchev–Trinajstić information content (AvgIpc) is 2.57. The van der Waals surface area contributed by atoms with Gasteiger partial charge >= 0.3 is 0 Å². The predicted molar refractivity (Wildman–Crippen MR) is 103 cm³/mol. The van der Waals surface area contributed by atoms with Crippen molar-refractivity contribution >= 4 is 45.6 Å². The number of benzene rings is 2. The molecule has 1 amide bonds. The summed E-state index contributed by atoms with van der Waals surface area (Å²) in [6.45, 7) is 4.40. The first-order valence-electron chi connectivity index (χ1n) is 7.52. The maximum atomic E-state index is 12.0. The highest BCUT2D eigenvalue weighted by Crippen LogP contribution is 2.30. The van der Waals surface area contributed by atoms with E-state index in [0.717, 1.165) is 11.4 Å². The van der Waals surface area contributed by atoms with Crippen LogP contribution < -0.4 is 10.2 Å². The minimum absolute atomic E-state index is 0.000855. The number of thiocarbonyl (C=S) groups is 1. The zero-order valence-electron chi connectivity index (χ0n) is 13.2. The lowest BCUT2D eigenvalue weighted by Gasteiger charge is -2.26. The van der Waals surface area contributed by atoms with E-state index in [1.807, 2.05) is 79.4 Å². The van der Waals surface area contributed by atoms with Gasteiger partial charge in [-0.2, -0.15) is 0 Å². The van der Waals surface area contributed by atoms with Gasteiger partial charge in [0.1, 0.15) is 4.32 Å². The van der Waals surface area contributed by atoms with Crippen LogP contribution in [0, 0.1) is 0 Å². The second-order valence-electron chi connectivity index (χ2n) is 4.93. The predicted octanol–water partition coefficient (Wildman–Crippen LogP) is 4.37. The van der Waals surface area contributed by atoms with Crippen LogP contribution in [0.3, 0.4) is 0 Å². The molecule has 0 aliphatic heterocycles. The molecular weight excluding hydrogens is 324 g/mol. The topological polar surface area (TPSA) is 32.3 Å². The van der Waals surface area contributed by atoms with Crippen LogP contribution in [0.1, 0.15) is 13.8 Å². The lowest BCUT2D eigenvalue weighted by Crippen LogP contribution is -2.33. The van der Waals surface area contributed by atoms with Gasteiger partial charge in [0, 0.05) is 17.9 Å². The number of nitrogens with one attached hydrogen (secondary N) is 1. The lowest BCUT2D eigenvalue weighted by atomic mass is 10.2. The fourth-order valence-corrected chi connectivity index (χ4v) is 3.54. The van der Waals surface area contributed by atoms with Crippen molar-refractivity contribution in [3.63, 3.8) is 0 Å². The smallest absolute Gasteiger partial charge is 0.233 e. The van der Waals surface area contributed by atoms with Crippen LogP contribution >= 0.6 is 24.0 Å². The normalized spacial score (nSPS) is 11.6. The number of carbonyl (C=O) groups is 1. The van der Waals surface area contributed by atoms with E-state index in [1.165, 1.54) is 11.8 Å². The highest BCUT2D eigenvalue weighted by Gasteiger charge is 2.21. The summed E-state index contributed by atoms with van der Waals surface area (Å²) in [6.07, 6.45) is 0. The Labute approximate surface area is 147 Å². The van der Waals surface area contributed by atoms with E-state index in [2.05, 4.69) is 5.32 Å². The van der Waals surface area contributed by atoms with E-state index < -0.39 is 0 Å². The molecule has 0 saturated carbocycles. The van der Waals surface area contributed by atoms with Crippen LogP contribution in [0.15, 0.2) is 60.7 Å². The van der Waals surface area contributed by atoms with Gasteiger partial charge in [0.2, 0.25) is 5.91 Å². The van der Waals surface area contributed by atoms with Gasteiger partial charge in [-0.15, -0.1) is 0 Å². The third kappa shape index (κ3) is 4.81. The van der Waals surface area contributed by atoms with E-state index in [0.29, 0.717) is 10.9 Å². The van der Waals surface area contributed by atoms with Gasteiger partial charge in [-0.1, -0.05) is 60.4 Å². The molecule has 0 heterocycles. The molecule has 0 spiro atoms. The molecule has 3 nitrogen and oxygen atoms in total. The third-order valence-corrected chi connectivity index (χ3v) is 4.63. The van der Waals surface area contributed by atoms with E-state index in [4.69, 9.17) is 12.2 Å². The number of rotatable bonds is 5. The fourth-order valence-electron chi connectivity index (χ4n) is 2.09. The van der Waals surface area contributed by atoms with Gasteiger partial charge in [0.05, 0.1) is 5.25 Å².